The number of hydrogen-bond acceptors (Lipinski definition) is 4. The van der Waals surface area contributed by atoms with Gasteiger partial charge < -0.3 is 14.6 Å². The van der Waals surface area contributed by atoms with E-state index in [1.54, 1.807) is 42.5 Å². The van der Waals surface area contributed by atoms with Crippen LogP contribution in [-0.4, -0.2) is 31.6 Å². The minimum atomic E-state index is -1.06. The monoisotopic (exact) mass is 312 g/mol. The molecule has 0 atom stereocenters. The Morgan fingerprint density at radius 1 is 0.957 bits per heavy atom. The molecule has 1 N–H and O–H groups in total. The van der Waals surface area contributed by atoms with Crippen LogP contribution in [-0.2, 0) is 4.79 Å². The number of carbonyl (C=O) groups excluding carboxylic acids is 1. The van der Waals surface area contributed by atoms with E-state index in [-0.39, 0.29) is 0 Å². The number of carboxylic acid groups (broad SMARTS) is 1. The molecule has 2 rings (SSSR count). The number of benzene rings is 2. The predicted octanol–water partition coefficient (Wildman–Crippen LogP) is 3.03. The summed E-state index contributed by atoms with van der Waals surface area (Å²) in [5.74, 6) is 0.00211. The third-order valence-corrected chi connectivity index (χ3v) is 3.32. The second-order valence-electron chi connectivity index (χ2n) is 4.71. The zero-order valence-electron chi connectivity index (χ0n) is 12.8. The number of carbonyl (C=O) groups is 2. The number of methoxy groups -OCH3 is 2. The van der Waals surface area contributed by atoms with Gasteiger partial charge in [-0.3, -0.25) is 4.79 Å². The maximum Gasteiger partial charge on any atom is 0.328 e. The van der Waals surface area contributed by atoms with Crippen molar-refractivity contribution in [3.05, 3.63) is 65.2 Å². The predicted molar refractivity (Wildman–Crippen MR) is 86.1 cm³/mol. The van der Waals surface area contributed by atoms with Crippen LogP contribution in [0.4, 0.5) is 0 Å². The van der Waals surface area contributed by atoms with Crippen molar-refractivity contribution in [2.45, 2.75) is 0 Å². The fourth-order valence-electron chi connectivity index (χ4n) is 2.20. The Hall–Kier alpha value is -3.08. The summed E-state index contributed by atoms with van der Waals surface area (Å²) < 4.78 is 10.4. The quantitative estimate of drug-likeness (QED) is 0.655. The lowest BCUT2D eigenvalue weighted by Crippen LogP contribution is -1.97. The summed E-state index contributed by atoms with van der Waals surface area (Å²) in [5, 5.41) is 9.15. The highest BCUT2D eigenvalue weighted by Crippen LogP contribution is 2.32. The van der Waals surface area contributed by atoms with E-state index in [4.69, 9.17) is 14.6 Å². The van der Waals surface area contributed by atoms with Crippen LogP contribution in [0, 0.1) is 0 Å². The smallest absolute Gasteiger partial charge is 0.328 e. The maximum absolute atomic E-state index is 11.2. The van der Waals surface area contributed by atoms with E-state index >= 15 is 0 Å². The third-order valence-electron chi connectivity index (χ3n) is 3.32. The average Bonchev–Trinajstić information content (AvgIpc) is 2.59. The fourth-order valence-corrected chi connectivity index (χ4v) is 2.20. The number of rotatable bonds is 6. The standard InChI is InChI=1S/C18H16O5/c1-22-16-8-7-14(9-17(16)23-2)15(10-18(20)21)13-5-3-12(11-19)4-6-13/h3-11H,1-2H3,(H,20,21)/b15-10+. The Morgan fingerprint density at radius 3 is 2.09 bits per heavy atom. The van der Waals surface area contributed by atoms with E-state index in [2.05, 4.69) is 0 Å². The molecule has 2 aromatic rings. The molecule has 0 heterocycles. The highest BCUT2D eigenvalue weighted by atomic mass is 16.5. The summed E-state index contributed by atoms with van der Waals surface area (Å²) >= 11 is 0. The third kappa shape index (κ3) is 3.77. The normalized spacial score (nSPS) is 11.0. The van der Waals surface area contributed by atoms with Crippen molar-refractivity contribution in [2.24, 2.45) is 0 Å². The topological polar surface area (TPSA) is 72.8 Å². The molecule has 5 heteroatoms. The minimum absolute atomic E-state index is 0.505. The second kappa shape index (κ2) is 7.26. The van der Waals surface area contributed by atoms with Gasteiger partial charge in [-0.25, -0.2) is 4.79 Å². The summed E-state index contributed by atoms with van der Waals surface area (Å²) in [5.41, 5.74) is 2.39. The van der Waals surface area contributed by atoms with Gasteiger partial charge in [0.2, 0.25) is 0 Å². The lowest BCUT2D eigenvalue weighted by molar-refractivity contribution is -0.131. The van der Waals surface area contributed by atoms with Gasteiger partial charge in [-0.05, 0) is 28.8 Å². The van der Waals surface area contributed by atoms with Gasteiger partial charge in [-0.15, -0.1) is 0 Å². The first kappa shape index (κ1) is 16.3. The van der Waals surface area contributed by atoms with Gasteiger partial charge >= 0.3 is 5.97 Å². The van der Waals surface area contributed by atoms with Gasteiger partial charge in [0.15, 0.2) is 11.5 Å². The number of aliphatic carboxylic acids is 1. The summed E-state index contributed by atoms with van der Waals surface area (Å²) in [4.78, 5) is 21.9. The van der Waals surface area contributed by atoms with Gasteiger partial charge in [-0.2, -0.15) is 0 Å². The summed E-state index contributed by atoms with van der Waals surface area (Å²) in [6.07, 6.45) is 1.86. The Kier molecular flexibility index (Phi) is 5.15. The first-order chi connectivity index (χ1) is 11.1. The number of carboxylic acids is 1. The molecule has 118 valence electrons. The van der Waals surface area contributed by atoms with Crippen molar-refractivity contribution in [1.82, 2.24) is 0 Å². The van der Waals surface area contributed by atoms with Gasteiger partial charge in [0.1, 0.15) is 6.29 Å². The molecule has 0 aliphatic heterocycles. The zero-order chi connectivity index (χ0) is 16.8. The Bertz CT molecular complexity index is 745. The molecule has 0 unspecified atom stereocenters. The average molecular weight is 312 g/mol. The zero-order valence-corrected chi connectivity index (χ0v) is 12.8. The van der Waals surface area contributed by atoms with Crippen molar-refractivity contribution in [3.63, 3.8) is 0 Å². The molecule has 5 nitrogen and oxygen atoms in total. The fraction of sp³-hybridized carbons (Fsp3) is 0.111. The van der Waals surface area contributed by atoms with Crippen LogP contribution in [0.1, 0.15) is 21.5 Å². The maximum atomic E-state index is 11.2. The van der Waals surface area contributed by atoms with Crippen LogP contribution < -0.4 is 9.47 Å². The lowest BCUT2D eigenvalue weighted by Gasteiger charge is -2.12. The molecule has 0 bridgehead atoms. The van der Waals surface area contributed by atoms with E-state index in [0.29, 0.717) is 33.8 Å². The number of ether oxygens (including phenoxy) is 2. The number of hydrogen-bond donors (Lipinski definition) is 1. The van der Waals surface area contributed by atoms with Gasteiger partial charge in [0.05, 0.1) is 14.2 Å². The van der Waals surface area contributed by atoms with Crippen molar-refractivity contribution >= 4 is 17.8 Å². The van der Waals surface area contributed by atoms with Gasteiger partial charge in [0.25, 0.3) is 0 Å². The van der Waals surface area contributed by atoms with E-state index in [1.807, 2.05) is 0 Å². The highest BCUT2D eigenvalue weighted by Gasteiger charge is 2.11. The van der Waals surface area contributed by atoms with Crippen LogP contribution >= 0.6 is 0 Å². The van der Waals surface area contributed by atoms with E-state index in [1.165, 1.54) is 14.2 Å². The first-order valence-electron chi connectivity index (χ1n) is 6.81. The Morgan fingerprint density at radius 2 is 1.57 bits per heavy atom. The van der Waals surface area contributed by atoms with Crippen LogP contribution in [0.2, 0.25) is 0 Å². The summed E-state index contributed by atoms with van der Waals surface area (Å²) in [6, 6.07) is 11.9. The minimum Gasteiger partial charge on any atom is -0.493 e. The molecule has 0 spiro atoms. The molecule has 0 aliphatic carbocycles. The molecule has 23 heavy (non-hydrogen) atoms. The van der Waals surface area contributed by atoms with E-state index < -0.39 is 5.97 Å². The SMILES string of the molecule is COc1ccc(/C(=C/C(=O)O)c2ccc(C=O)cc2)cc1OC. The Labute approximate surface area is 133 Å². The van der Waals surface area contributed by atoms with Gasteiger partial charge in [-0.1, -0.05) is 30.3 Å². The van der Waals surface area contributed by atoms with Crippen LogP contribution in [0.25, 0.3) is 5.57 Å². The molecule has 0 saturated heterocycles. The van der Waals surface area contributed by atoms with Crippen molar-refractivity contribution in [1.29, 1.82) is 0 Å². The first-order valence-corrected chi connectivity index (χ1v) is 6.81. The molecule has 0 radical (unpaired) electrons. The van der Waals surface area contributed by atoms with Crippen LogP contribution in [0.15, 0.2) is 48.5 Å². The van der Waals surface area contributed by atoms with Gasteiger partial charge in [0, 0.05) is 11.6 Å². The van der Waals surface area contributed by atoms with Crippen molar-refractivity contribution in [2.75, 3.05) is 14.2 Å². The van der Waals surface area contributed by atoms with Crippen LogP contribution in [0.5, 0.6) is 11.5 Å². The molecular formula is C18H16O5. The molecule has 0 saturated carbocycles. The molecule has 0 fully saturated rings. The second-order valence-corrected chi connectivity index (χ2v) is 4.71. The molecule has 0 aliphatic rings. The Balaban J connectivity index is 2.55. The molecular weight excluding hydrogens is 296 g/mol. The van der Waals surface area contributed by atoms with E-state index in [9.17, 15) is 9.59 Å². The summed E-state index contributed by atoms with van der Waals surface area (Å²) in [7, 11) is 3.05. The molecule has 0 aromatic heterocycles. The number of aldehydes is 1. The van der Waals surface area contributed by atoms with Crippen molar-refractivity contribution in [3.8, 4) is 11.5 Å². The largest absolute Gasteiger partial charge is 0.493 e. The highest BCUT2D eigenvalue weighted by molar-refractivity contribution is 5.95. The molecule has 0 amide bonds. The van der Waals surface area contributed by atoms with Crippen molar-refractivity contribution < 1.29 is 24.2 Å². The molecule has 2 aromatic carbocycles. The lowest BCUT2D eigenvalue weighted by atomic mass is 9.96. The van der Waals surface area contributed by atoms with Crippen LogP contribution in [0.3, 0.4) is 0 Å². The summed E-state index contributed by atoms with van der Waals surface area (Å²) in [6.45, 7) is 0. The van der Waals surface area contributed by atoms with E-state index in [0.717, 1.165) is 12.4 Å².